The van der Waals surface area contributed by atoms with Gasteiger partial charge in [0.2, 0.25) is 0 Å². The molecule has 0 atom stereocenters. The molecule has 0 aliphatic rings. The predicted octanol–water partition coefficient (Wildman–Crippen LogP) is 4.94. The van der Waals surface area contributed by atoms with E-state index in [2.05, 4.69) is 10.2 Å². The summed E-state index contributed by atoms with van der Waals surface area (Å²) < 4.78 is 4.74. The molecule has 162 valence electrons. The topological polar surface area (TPSA) is 68.8 Å². The first-order chi connectivity index (χ1) is 14.8. The van der Waals surface area contributed by atoms with Crippen LogP contribution >= 0.6 is 22.9 Å². The van der Waals surface area contributed by atoms with Crippen LogP contribution in [0.2, 0.25) is 5.02 Å². The monoisotopic (exact) mass is 456 g/mol. The van der Waals surface area contributed by atoms with Gasteiger partial charge in [0.25, 0.3) is 5.91 Å². The maximum atomic E-state index is 13.5. The van der Waals surface area contributed by atoms with Gasteiger partial charge >= 0.3 is 0 Å². The van der Waals surface area contributed by atoms with E-state index < -0.39 is 0 Å². The Kier molecular flexibility index (Phi) is 5.85. The van der Waals surface area contributed by atoms with Gasteiger partial charge in [0, 0.05) is 29.5 Å². The molecule has 1 aromatic carbocycles. The van der Waals surface area contributed by atoms with E-state index in [9.17, 15) is 4.79 Å². The van der Waals surface area contributed by atoms with Gasteiger partial charge in [0.05, 0.1) is 22.5 Å². The first-order valence-corrected chi connectivity index (χ1v) is 11.4. The number of aryl methyl sites for hydroxylation is 5. The van der Waals surface area contributed by atoms with E-state index in [1.165, 1.54) is 11.3 Å². The van der Waals surface area contributed by atoms with Crippen molar-refractivity contribution in [2.75, 3.05) is 11.4 Å². The molecule has 0 aliphatic carbocycles. The molecule has 0 radical (unpaired) electrons. The molecule has 9 heteroatoms. The Morgan fingerprint density at radius 3 is 2.48 bits per heavy atom. The zero-order chi connectivity index (χ0) is 22.3. The molecular weight excluding hydrogens is 432 g/mol. The Morgan fingerprint density at radius 2 is 1.84 bits per heavy atom. The van der Waals surface area contributed by atoms with Crippen molar-refractivity contribution in [2.24, 2.45) is 0 Å². The maximum absolute atomic E-state index is 13.5. The zero-order valence-electron chi connectivity index (χ0n) is 18.3. The number of fused-ring (bicyclic) bond motifs is 1. The van der Waals surface area contributed by atoms with Gasteiger partial charge in [-0.1, -0.05) is 22.9 Å². The summed E-state index contributed by atoms with van der Waals surface area (Å²) in [5.41, 5.74) is 5.13. The Bertz CT molecular complexity index is 1270. The highest BCUT2D eigenvalue weighted by atomic mass is 35.5. The van der Waals surface area contributed by atoms with Crippen molar-refractivity contribution in [3.63, 3.8) is 0 Å². The number of hydrogen-bond donors (Lipinski definition) is 0. The van der Waals surface area contributed by atoms with E-state index in [4.69, 9.17) is 16.6 Å². The van der Waals surface area contributed by atoms with Gasteiger partial charge in [0.1, 0.15) is 0 Å². The first-order valence-electron chi connectivity index (χ1n) is 10.2. The number of anilines is 1. The molecular formula is C22H25ClN6OS. The number of halogens is 1. The van der Waals surface area contributed by atoms with Gasteiger partial charge in [0.15, 0.2) is 10.8 Å². The lowest BCUT2D eigenvalue weighted by Gasteiger charge is -2.19. The lowest BCUT2D eigenvalue weighted by atomic mass is 10.2. The highest BCUT2D eigenvalue weighted by molar-refractivity contribution is 7.22. The molecule has 0 saturated carbocycles. The van der Waals surface area contributed by atoms with Crippen LogP contribution in [0, 0.1) is 27.7 Å². The minimum atomic E-state index is -0.167. The molecule has 0 unspecified atom stereocenters. The average Bonchev–Trinajstić information content (AvgIpc) is 3.41. The molecule has 3 aromatic heterocycles. The largest absolute Gasteiger partial charge is 0.281 e. The van der Waals surface area contributed by atoms with E-state index in [-0.39, 0.29) is 5.91 Å². The first kappa shape index (κ1) is 21.5. The molecule has 3 heterocycles. The fraction of sp³-hybridized carbons (Fsp3) is 0.364. The summed E-state index contributed by atoms with van der Waals surface area (Å²) >= 11 is 7.78. The van der Waals surface area contributed by atoms with Crippen LogP contribution in [-0.2, 0) is 13.1 Å². The van der Waals surface area contributed by atoms with Crippen molar-refractivity contribution < 1.29 is 4.79 Å². The Labute approximate surface area is 190 Å². The molecule has 0 spiro atoms. The molecule has 4 rings (SSSR count). The SMILES string of the molecule is CCn1nc(C(=O)N(CCn2nc(C)cc2C)c2nc3c(C)c(Cl)ccc3s2)cc1C. The van der Waals surface area contributed by atoms with Crippen molar-refractivity contribution in [3.8, 4) is 0 Å². The number of hydrogen-bond acceptors (Lipinski definition) is 5. The second-order valence-corrected chi connectivity index (χ2v) is 9.03. The third kappa shape index (κ3) is 4.09. The minimum absolute atomic E-state index is 0.167. The van der Waals surface area contributed by atoms with Crippen LogP contribution in [0.1, 0.15) is 40.1 Å². The molecule has 0 saturated heterocycles. The summed E-state index contributed by atoms with van der Waals surface area (Å²) in [5, 5.41) is 10.3. The fourth-order valence-electron chi connectivity index (χ4n) is 3.66. The average molecular weight is 457 g/mol. The molecule has 0 N–H and O–H groups in total. The Balaban J connectivity index is 1.73. The minimum Gasteiger partial charge on any atom is -0.281 e. The van der Waals surface area contributed by atoms with Gasteiger partial charge in [-0.15, -0.1) is 0 Å². The summed E-state index contributed by atoms with van der Waals surface area (Å²) in [5.74, 6) is -0.167. The number of rotatable bonds is 6. The zero-order valence-corrected chi connectivity index (χ0v) is 19.9. The van der Waals surface area contributed by atoms with Gasteiger partial charge in [-0.25, -0.2) is 4.98 Å². The van der Waals surface area contributed by atoms with E-state index in [1.807, 2.05) is 68.2 Å². The standard InChI is InChI=1S/C22H25ClN6OS/c1-6-28-15(4)12-18(26-28)21(30)27(9-10-29-14(3)11-13(2)25-29)22-24-20-16(5)17(23)7-8-19(20)31-22/h7-8,11-12H,6,9-10H2,1-5H3. The Morgan fingerprint density at radius 1 is 1.10 bits per heavy atom. The van der Waals surface area contributed by atoms with Crippen LogP contribution < -0.4 is 4.90 Å². The highest BCUT2D eigenvalue weighted by Crippen LogP contribution is 2.34. The van der Waals surface area contributed by atoms with Crippen molar-refractivity contribution in [1.29, 1.82) is 0 Å². The highest BCUT2D eigenvalue weighted by Gasteiger charge is 2.25. The maximum Gasteiger partial charge on any atom is 0.280 e. The van der Waals surface area contributed by atoms with E-state index in [0.29, 0.717) is 35.5 Å². The quantitative estimate of drug-likeness (QED) is 0.412. The van der Waals surface area contributed by atoms with Crippen LogP contribution in [0.4, 0.5) is 5.13 Å². The van der Waals surface area contributed by atoms with Gasteiger partial charge in [-0.2, -0.15) is 10.2 Å². The molecule has 4 aromatic rings. The number of carbonyl (C=O) groups excluding carboxylic acids is 1. The van der Waals surface area contributed by atoms with Crippen molar-refractivity contribution in [3.05, 3.63) is 57.6 Å². The Hall–Kier alpha value is -2.71. The summed E-state index contributed by atoms with van der Waals surface area (Å²) in [6.07, 6.45) is 0. The molecule has 31 heavy (non-hydrogen) atoms. The predicted molar refractivity (Wildman–Crippen MR) is 125 cm³/mol. The van der Waals surface area contributed by atoms with Crippen molar-refractivity contribution >= 4 is 44.2 Å². The third-order valence-corrected chi connectivity index (χ3v) is 6.80. The lowest BCUT2D eigenvalue weighted by molar-refractivity contribution is 0.0980. The van der Waals surface area contributed by atoms with Crippen LogP contribution in [0.3, 0.4) is 0 Å². The second kappa shape index (κ2) is 8.43. The number of benzene rings is 1. The van der Waals surface area contributed by atoms with Gasteiger partial charge in [-0.3, -0.25) is 19.1 Å². The second-order valence-electron chi connectivity index (χ2n) is 7.61. The molecule has 0 aliphatic heterocycles. The smallest absolute Gasteiger partial charge is 0.280 e. The van der Waals surface area contributed by atoms with Gasteiger partial charge in [-0.05, 0) is 64.4 Å². The summed E-state index contributed by atoms with van der Waals surface area (Å²) in [6, 6.07) is 7.68. The van der Waals surface area contributed by atoms with Crippen LogP contribution in [0.5, 0.6) is 0 Å². The normalized spacial score (nSPS) is 11.4. The number of aromatic nitrogens is 5. The molecule has 0 bridgehead atoms. The van der Waals surface area contributed by atoms with Crippen LogP contribution in [-0.4, -0.2) is 37.0 Å². The fourth-order valence-corrected chi connectivity index (χ4v) is 4.86. The van der Waals surface area contributed by atoms with Gasteiger partial charge < -0.3 is 0 Å². The van der Waals surface area contributed by atoms with Crippen LogP contribution in [0.25, 0.3) is 10.2 Å². The number of carbonyl (C=O) groups is 1. The van der Waals surface area contributed by atoms with Crippen LogP contribution in [0.15, 0.2) is 24.3 Å². The summed E-state index contributed by atoms with van der Waals surface area (Å²) in [6.45, 7) is 11.6. The summed E-state index contributed by atoms with van der Waals surface area (Å²) in [7, 11) is 0. The molecule has 0 fully saturated rings. The van der Waals surface area contributed by atoms with E-state index >= 15 is 0 Å². The van der Waals surface area contributed by atoms with E-state index in [1.54, 1.807) is 4.90 Å². The lowest BCUT2D eigenvalue weighted by Crippen LogP contribution is -2.34. The molecule has 1 amide bonds. The molecule has 7 nitrogen and oxygen atoms in total. The number of amides is 1. The number of nitrogens with zero attached hydrogens (tertiary/aromatic N) is 6. The number of thiazole rings is 1. The van der Waals surface area contributed by atoms with Crippen molar-refractivity contribution in [1.82, 2.24) is 24.5 Å². The van der Waals surface area contributed by atoms with Crippen molar-refractivity contribution in [2.45, 2.75) is 47.7 Å². The van der Waals surface area contributed by atoms with E-state index in [0.717, 1.165) is 32.9 Å². The summed E-state index contributed by atoms with van der Waals surface area (Å²) in [4.78, 5) is 20.0. The third-order valence-electron chi connectivity index (χ3n) is 5.35.